The highest BCUT2D eigenvalue weighted by Gasteiger charge is 2.36. The average Bonchev–Trinajstić information content (AvgIpc) is 3.32. The Morgan fingerprint density at radius 1 is 1.28 bits per heavy atom. The lowest BCUT2D eigenvalue weighted by molar-refractivity contribution is 0.236. The van der Waals surface area contributed by atoms with Crippen LogP contribution in [-0.4, -0.2) is 80.1 Å². The van der Waals surface area contributed by atoms with Gasteiger partial charge >= 0.3 is 0 Å². The predicted octanol–water partition coefficient (Wildman–Crippen LogP) is 0.545. The number of aromatic nitrogens is 6. The first-order valence-corrected chi connectivity index (χ1v) is 8.28. The third-order valence-electron chi connectivity index (χ3n) is 4.73. The lowest BCUT2D eigenvalue weighted by atomic mass is 10.1. The second kappa shape index (κ2) is 6.41. The van der Waals surface area contributed by atoms with Crippen LogP contribution in [0.25, 0.3) is 11.2 Å². The van der Waals surface area contributed by atoms with E-state index in [9.17, 15) is 0 Å². The standard InChI is InChI=1S/C16H22N8O/c1-22(2)12-8-23(9-13(12)24-7-6-17-21-24)10-14-18-11-4-5-15(25-3)20-16(11)19-14/h4-7,12-13H,8-10H2,1-3H3,(H,18,19,20)/t12-,13+/m1/s1. The third kappa shape index (κ3) is 3.08. The van der Waals surface area contributed by atoms with E-state index in [1.165, 1.54) is 0 Å². The van der Waals surface area contributed by atoms with Crippen molar-refractivity contribution in [3.8, 4) is 5.88 Å². The molecule has 1 aliphatic rings. The maximum Gasteiger partial charge on any atom is 0.215 e. The monoisotopic (exact) mass is 342 g/mol. The molecule has 3 aromatic heterocycles. The van der Waals surface area contributed by atoms with Gasteiger partial charge in [-0.25, -0.2) is 9.67 Å². The summed E-state index contributed by atoms with van der Waals surface area (Å²) in [6, 6.07) is 4.44. The van der Waals surface area contributed by atoms with Crippen LogP contribution in [0.3, 0.4) is 0 Å². The predicted molar refractivity (Wildman–Crippen MR) is 92.3 cm³/mol. The fourth-order valence-corrected chi connectivity index (χ4v) is 3.46. The van der Waals surface area contributed by atoms with Gasteiger partial charge in [-0.2, -0.15) is 4.98 Å². The minimum Gasteiger partial charge on any atom is -0.481 e. The van der Waals surface area contributed by atoms with Crippen molar-refractivity contribution in [1.29, 1.82) is 0 Å². The van der Waals surface area contributed by atoms with Crippen molar-refractivity contribution in [2.24, 2.45) is 0 Å². The number of aromatic amines is 1. The van der Waals surface area contributed by atoms with Gasteiger partial charge in [0.25, 0.3) is 0 Å². The van der Waals surface area contributed by atoms with Crippen molar-refractivity contribution < 1.29 is 4.74 Å². The van der Waals surface area contributed by atoms with Crippen molar-refractivity contribution in [3.05, 3.63) is 30.4 Å². The smallest absolute Gasteiger partial charge is 0.215 e. The number of H-pyrrole nitrogens is 1. The van der Waals surface area contributed by atoms with Crippen LogP contribution in [0.5, 0.6) is 5.88 Å². The Balaban J connectivity index is 1.53. The number of likely N-dealkylation sites (tertiary alicyclic amines) is 1. The lowest BCUT2D eigenvalue weighted by Crippen LogP contribution is -2.36. The highest BCUT2D eigenvalue weighted by Crippen LogP contribution is 2.26. The maximum absolute atomic E-state index is 5.16. The van der Waals surface area contributed by atoms with Crippen LogP contribution in [0.2, 0.25) is 0 Å². The molecule has 2 atom stereocenters. The van der Waals surface area contributed by atoms with Gasteiger partial charge in [0.15, 0.2) is 5.65 Å². The van der Waals surface area contributed by atoms with Crippen molar-refractivity contribution in [1.82, 2.24) is 39.7 Å². The molecule has 4 heterocycles. The van der Waals surface area contributed by atoms with Crippen molar-refractivity contribution in [3.63, 3.8) is 0 Å². The molecule has 0 saturated carbocycles. The van der Waals surface area contributed by atoms with E-state index < -0.39 is 0 Å². The zero-order chi connectivity index (χ0) is 17.4. The summed E-state index contributed by atoms with van der Waals surface area (Å²) in [5.41, 5.74) is 1.61. The van der Waals surface area contributed by atoms with Crippen LogP contribution >= 0.6 is 0 Å². The van der Waals surface area contributed by atoms with E-state index in [0.29, 0.717) is 17.6 Å². The Labute approximate surface area is 145 Å². The molecule has 25 heavy (non-hydrogen) atoms. The Bertz CT molecular complexity index is 843. The minimum atomic E-state index is 0.278. The molecule has 9 heteroatoms. The number of likely N-dealkylation sites (N-methyl/N-ethyl adjacent to an activating group) is 1. The SMILES string of the molecule is COc1ccc2[nH]c(CN3C[C@@H](N(C)C)[C@@H](n4ccnn4)C3)nc2n1. The zero-order valence-electron chi connectivity index (χ0n) is 14.6. The number of ether oxygens (including phenoxy) is 1. The normalized spacial score (nSPS) is 21.4. The number of hydrogen-bond donors (Lipinski definition) is 1. The van der Waals surface area contributed by atoms with Gasteiger partial charge in [0.05, 0.1) is 31.4 Å². The molecular formula is C16H22N8O. The molecule has 0 bridgehead atoms. The third-order valence-corrected chi connectivity index (χ3v) is 4.73. The number of methoxy groups -OCH3 is 1. The first-order chi connectivity index (χ1) is 12.1. The Morgan fingerprint density at radius 3 is 2.88 bits per heavy atom. The topological polar surface area (TPSA) is 88.0 Å². The van der Waals surface area contributed by atoms with Crippen LogP contribution in [0, 0.1) is 0 Å². The fraction of sp³-hybridized carbons (Fsp3) is 0.500. The summed E-state index contributed by atoms with van der Waals surface area (Å²) < 4.78 is 7.12. The molecule has 0 spiro atoms. The molecule has 3 aromatic rings. The molecule has 9 nitrogen and oxygen atoms in total. The van der Waals surface area contributed by atoms with Gasteiger partial charge in [0, 0.05) is 31.4 Å². The van der Waals surface area contributed by atoms with Crippen LogP contribution < -0.4 is 4.74 Å². The molecule has 1 aliphatic heterocycles. The van der Waals surface area contributed by atoms with E-state index in [2.05, 4.69) is 49.2 Å². The van der Waals surface area contributed by atoms with E-state index in [1.807, 2.05) is 23.0 Å². The molecule has 132 valence electrons. The minimum absolute atomic E-state index is 0.278. The summed E-state index contributed by atoms with van der Waals surface area (Å²) in [4.78, 5) is 17.0. The maximum atomic E-state index is 5.16. The van der Waals surface area contributed by atoms with Gasteiger partial charge in [-0.1, -0.05) is 5.21 Å². The molecule has 0 aromatic carbocycles. The number of nitrogens with zero attached hydrogens (tertiary/aromatic N) is 7. The van der Waals surface area contributed by atoms with Gasteiger partial charge < -0.3 is 14.6 Å². The molecule has 1 fully saturated rings. The fourth-order valence-electron chi connectivity index (χ4n) is 3.46. The summed E-state index contributed by atoms with van der Waals surface area (Å²) in [6.07, 6.45) is 3.66. The molecule has 0 unspecified atom stereocenters. The molecule has 0 aliphatic carbocycles. The molecule has 0 amide bonds. The number of hydrogen-bond acceptors (Lipinski definition) is 7. The summed E-state index contributed by atoms with van der Waals surface area (Å²) >= 11 is 0. The Hall–Kier alpha value is -2.52. The average molecular weight is 342 g/mol. The second-order valence-electron chi connectivity index (χ2n) is 6.58. The lowest BCUT2D eigenvalue weighted by Gasteiger charge is -2.24. The Kier molecular flexibility index (Phi) is 4.10. The van der Waals surface area contributed by atoms with Gasteiger partial charge in [-0.15, -0.1) is 5.10 Å². The Morgan fingerprint density at radius 2 is 2.16 bits per heavy atom. The first-order valence-electron chi connectivity index (χ1n) is 8.28. The van der Waals surface area contributed by atoms with Gasteiger partial charge in [-0.05, 0) is 20.2 Å². The van der Waals surface area contributed by atoms with E-state index in [1.54, 1.807) is 13.3 Å². The molecule has 0 radical (unpaired) electrons. The van der Waals surface area contributed by atoms with Gasteiger partial charge in [-0.3, -0.25) is 4.90 Å². The highest BCUT2D eigenvalue weighted by molar-refractivity contribution is 5.71. The van der Waals surface area contributed by atoms with Crippen LogP contribution in [0.15, 0.2) is 24.5 Å². The summed E-state index contributed by atoms with van der Waals surface area (Å²) in [5, 5.41) is 8.14. The number of fused-ring (bicyclic) bond motifs is 1. The quantitative estimate of drug-likeness (QED) is 0.724. The van der Waals surface area contributed by atoms with Gasteiger partial charge in [0.1, 0.15) is 5.82 Å². The largest absolute Gasteiger partial charge is 0.481 e. The van der Waals surface area contributed by atoms with Gasteiger partial charge in [0.2, 0.25) is 5.88 Å². The van der Waals surface area contributed by atoms with E-state index in [4.69, 9.17) is 4.74 Å². The number of rotatable bonds is 5. The molecular weight excluding hydrogens is 320 g/mol. The zero-order valence-corrected chi connectivity index (χ0v) is 14.6. The van der Waals surface area contributed by atoms with E-state index >= 15 is 0 Å². The van der Waals surface area contributed by atoms with Crippen molar-refractivity contribution >= 4 is 11.2 Å². The summed E-state index contributed by atoms with van der Waals surface area (Å²) in [7, 11) is 5.82. The number of imidazole rings is 1. The van der Waals surface area contributed by atoms with Crippen LogP contribution in [0.4, 0.5) is 0 Å². The number of nitrogens with one attached hydrogen (secondary N) is 1. The van der Waals surface area contributed by atoms with Crippen molar-refractivity contribution in [2.45, 2.75) is 18.6 Å². The second-order valence-corrected chi connectivity index (χ2v) is 6.58. The van der Waals surface area contributed by atoms with Crippen LogP contribution in [0.1, 0.15) is 11.9 Å². The van der Waals surface area contributed by atoms with Crippen molar-refractivity contribution in [2.75, 3.05) is 34.3 Å². The van der Waals surface area contributed by atoms with E-state index in [0.717, 1.165) is 31.0 Å². The first kappa shape index (κ1) is 16.0. The number of pyridine rings is 1. The summed E-state index contributed by atoms with van der Waals surface area (Å²) in [6.45, 7) is 2.60. The molecule has 1 N–H and O–H groups in total. The molecule has 4 rings (SSSR count). The summed E-state index contributed by atoms with van der Waals surface area (Å²) in [5.74, 6) is 1.48. The van der Waals surface area contributed by atoms with E-state index in [-0.39, 0.29) is 6.04 Å². The van der Waals surface area contributed by atoms with Crippen LogP contribution in [-0.2, 0) is 6.54 Å². The molecule has 1 saturated heterocycles. The highest BCUT2D eigenvalue weighted by atomic mass is 16.5.